The standard InChI is InChI=1S/C24H31FN4O/c1-18-15-26-16-22(27-18)20-6-4-10-29(17-20)23(30)24(8-11-28(2)12-9-24)14-19-5-3-7-21(25)13-19/h3,5,7,13,15-16,20H,4,6,8-12,14,17H2,1-2H3/t20-/m0/s1. The second-order valence-corrected chi connectivity index (χ2v) is 9.07. The second kappa shape index (κ2) is 8.80. The van der Waals surface area contributed by atoms with Crippen LogP contribution in [-0.4, -0.2) is 58.9 Å². The lowest BCUT2D eigenvalue weighted by molar-refractivity contribution is -0.146. The van der Waals surface area contributed by atoms with Crippen LogP contribution in [0.2, 0.25) is 0 Å². The molecule has 0 radical (unpaired) electrons. The third kappa shape index (κ3) is 4.53. The highest BCUT2D eigenvalue weighted by Gasteiger charge is 2.44. The molecule has 2 aromatic rings. The lowest BCUT2D eigenvalue weighted by Gasteiger charge is -2.44. The van der Waals surface area contributed by atoms with Crippen LogP contribution in [0.15, 0.2) is 36.7 Å². The number of aryl methyl sites for hydroxylation is 1. The molecule has 6 heteroatoms. The van der Waals surface area contributed by atoms with Crippen LogP contribution in [0.25, 0.3) is 0 Å². The Hall–Kier alpha value is -2.34. The smallest absolute Gasteiger partial charge is 0.229 e. The number of benzene rings is 1. The molecular formula is C24H31FN4O. The first kappa shape index (κ1) is 20.9. The Morgan fingerprint density at radius 2 is 2.03 bits per heavy atom. The van der Waals surface area contributed by atoms with E-state index in [0.29, 0.717) is 13.0 Å². The third-order valence-electron chi connectivity index (χ3n) is 6.73. The van der Waals surface area contributed by atoms with E-state index in [1.807, 2.05) is 24.1 Å². The van der Waals surface area contributed by atoms with Crippen molar-refractivity contribution < 1.29 is 9.18 Å². The maximum absolute atomic E-state index is 13.9. The van der Waals surface area contributed by atoms with Crippen molar-refractivity contribution in [2.45, 2.75) is 44.9 Å². The number of hydrogen-bond acceptors (Lipinski definition) is 4. The number of piperidine rings is 2. The minimum Gasteiger partial charge on any atom is -0.342 e. The fourth-order valence-corrected chi connectivity index (χ4v) is 4.97. The van der Waals surface area contributed by atoms with Crippen LogP contribution in [0.4, 0.5) is 4.39 Å². The summed E-state index contributed by atoms with van der Waals surface area (Å²) in [5.41, 5.74) is 2.34. The average molecular weight is 411 g/mol. The maximum atomic E-state index is 13.9. The summed E-state index contributed by atoms with van der Waals surface area (Å²) >= 11 is 0. The summed E-state index contributed by atoms with van der Waals surface area (Å²) in [4.78, 5) is 27.2. The molecule has 0 saturated carbocycles. The highest BCUT2D eigenvalue weighted by Crippen LogP contribution is 2.39. The van der Waals surface area contributed by atoms with Crippen molar-refractivity contribution >= 4 is 5.91 Å². The zero-order chi connectivity index (χ0) is 21.1. The minimum atomic E-state index is -0.458. The second-order valence-electron chi connectivity index (χ2n) is 9.07. The Balaban J connectivity index is 1.56. The van der Waals surface area contributed by atoms with Crippen LogP contribution in [-0.2, 0) is 11.2 Å². The molecule has 0 bridgehead atoms. The molecule has 5 nitrogen and oxygen atoms in total. The van der Waals surface area contributed by atoms with Crippen LogP contribution in [0.5, 0.6) is 0 Å². The quantitative estimate of drug-likeness (QED) is 0.773. The number of nitrogens with zero attached hydrogens (tertiary/aromatic N) is 4. The number of aromatic nitrogens is 2. The molecule has 0 spiro atoms. The van der Waals surface area contributed by atoms with Gasteiger partial charge in [-0.2, -0.15) is 0 Å². The van der Waals surface area contributed by atoms with E-state index in [4.69, 9.17) is 0 Å². The highest BCUT2D eigenvalue weighted by atomic mass is 19.1. The Morgan fingerprint density at radius 1 is 1.23 bits per heavy atom. The molecule has 1 aromatic heterocycles. The number of hydrogen-bond donors (Lipinski definition) is 0. The monoisotopic (exact) mass is 410 g/mol. The number of halogens is 1. The molecule has 2 aliphatic rings. The summed E-state index contributed by atoms with van der Waals surface area (Å²) in [5.74, 6) is 0.219. The van der Waals surface area contributed by atoms with Crippen LogP contribution in [0.3, 0.4) is 0 Å². The van der Waals surface area contributed by atoms with Gasteiger partial charge in [0.25, 0.3) is 0 Å². The molecule has 4 rings (SSSR count). The zero-order valence-electron chi connectivity index (χ0n) is 18.0. The fraction of sp³-hybridized carbons (Fsp3) is 0.542. The van der Waals surface area contributed by atoms with Gasteiger partial charge in [-0.05, 0) is 76.9 Å². The molecule has 1 amide bonds. The van der Waals surface area contributed by atoms with Crippen molar-refractivity contribution in [1.29, 1.82) is 0 Å². The first-order valence-electron chi connectivity index (χ1n) is 11.0. The van der Waals surface area contributed by atoms with E-state index in [1.165, 1.54) is 6.07 Å². The van der Waals surface area contributed by atoms with Crippen molar-refractivity contribution in [1.82, 2.24) is 19.8 Å². The van der Waals surface area contributed by atoms with Gasteiger partial charge in [-0.3, -0.25) is 14.8 Å². The minimum absolute atomic E-state index is 0.227. The van der Waals surface area contributed by atoms with Crippen LogP contribution in [0.1, 0.15) is 48.6 Å². The fourth-order valence-electron chi connectivity index (χ4n) is 4.97. The van der Waals surface area contributed by atoms with E-state index in [0.717, 1.165) is 62.3 Å². The van der Waals surface area contributed by atoms with Crippen LogP contribution in [0, 0.1) is 18.2 Å². The third-order valence-corrected chi connectivity index (χ3v) is 6.73. The van der Waals surface area contributed by atoms with Gasteiger partial charge in [-0.15, -0.1) is 0 Å². The molecule has 160 valence electrons. The molecular weight excluding hydrogens is 379 g/mol. The summed E-state index contributed by atoms with van der Waals surface area (Å²) in [7, 11) is 2.10. The molecule has 2 saturated heterocycles. The van der Waals surface area contributed by atoms with Crippen molar-refractivity contribution in [3.05, 3.63) is 59.4 Å². The average Bonchev–Trinajstić information content (AvgIpc) is 2.75. The summed E-state index contributed by atoms with van der Waals surface area (Å²) in [5, 5.41) is 0. The Bertz CT molecular complexity index is 894. The normalized spacial score (nSPS) is 22.1. The number of carbonyl (C=O) groups excluding carboxylic acids is 1. The molecule has 2 fully saturated rings. The van der Waals surface area contributed by atoms with Gasteiger partial charge in [0.2, 0.25) is 5.91 Å². The lowest BCUT2D eigenvalue weighted by Crippen LogP contribution is -2.52. The van der Waals surface area contributed by atoms with Gasteiger partial charge in [0.1, 0.15) is 5.82 Å². The van der Waals surface area contributed by atoms with Crippen molar-refractivity contribution in [3.8, 4) is 0 Å². The molecule has 0 N–H and O–H groups in total. The van der Waals surface area contributed by atoms with Crippen molar-refractivity contribution in [2.75, 3.05) is 33.2 Å². The summed E-state index contributed by atoms with van der Waals surface area (Å²) in [6.07, 6.45) is 7.83. The summed E-state index contributed by atoms with van der Waals surface area (Å²) in [6, 6.07) is 6.72. The maximum Gasteiger partial charge on any atom is 0.229 e. The van der Waals surface area contributed by atoms with Crippen LogP contribution < -0.4 is 0 Å². The van der Waals surface area contributed by atoms with E-state index in [1.54, 1.807) is 18.3 Å². The molecule has 0 unspecified atom stereocenters. The van der Waals surface area contributed by atoms with Crippen molar-refractivity contribution in [2.24, 2.45) is 5.41 Å². The van der Waals surface area contributed by atoms with Gasteiger partial charge < -0.3 is 9.80 Å². The highest BCUT2D eigenvalue weighted by molar-refractivity contribution is 5.83. The van der Waals surface area contributed by atoms with Gasteiger partial charge in [0, 0.05) is 31.4 Å². The first-order valence-corrected chi connectivity index (χ1v) is 11.0. The summed E-state index contributed by atoms with van der Waals surface area (Å²) in [6.45, 7) is 5.21. The first-order chi connectivity index (χ1) is 14.4. The van der Waals surface area contributed by atoms with Gasteiger partial charge in [0.15, 0.2) is 0 Å². The van der Waals surface area contributed by atoms with E-state index in [2.05, 4.69) is 21.9 Å². The predicted octanol–water partition coefficient (Wildman–Crippen LogP) is 3.58. The molecule has 3 heterocycles. The molecule has 1 aromatic carbocycles. The molecule has 1 atom stereocenters. The molecule has 30 heavy (non-hydrogen) atoms. The number of rotatable bonds is 4. The number of amides is 1. The predicted molar refractivity (Wildman–Crippen MR) is 115 cm³/mol. The van der Waals surface area contributed by atoms with E-state index < -0.39 is 5.41 Å². The topological polar surface area (TPSA) is 49.3 Å². The van der Waals surface area contributed by atoms with Gasteiger partial charge >= 0.3 is 0 Å². The number of likely N-dealkylation sites (tertiary alicyclic amines) is 2. The summed E-state index contributed by atoms with van der Waals surface area (Å²) < 4.78 is 13.8. The van der Waals surface area contributed by atoms with Crippen molar-refractivity contribution in [3.63, 3.8) is 0 Å². The SMILES string of the molecule is Cc1cncc([C@H]2CCCN(C(=O)C3(Cc4cccc(F)c4)CCN(C)CC3)C2)n1. The number of carbonyl (C=O) groups is 1. The van der Waals surface area contributed by atoms with E-state index in [-0.39, 0.29) is 17.6 Å². The molecule has 0 aliphatic carbocycles. The largest absolute Gasteiger partial charge is 0.342 e. The Kier molecular flexibility index (Phi) is 6.14. The van der Waals surface area contributed by atoms with E-state index >= 15 is 0 Å². The van der Waals surface area contributed by atoms with Gasteiger partial charge in [0.05, 0.1) is 16.8 Å². The molecule has 2 aliphatic heterocycles. The van der Waals surface area contributed by atoms with Gasteiger partial charge in [-0.25, -0.2) is 4.39 Å². The van der Waals surface area contributed by atoms with Crippen LogP contribution >= 0.6 is 0 Å². The Labute approximate surface area is 178 Å². The van der Waals surface area contributed by atoms with E-state index in [9.17, 15) is 9.18 Å². The Morgan fingerprint density at radius 3 is 2.77 bits per heavy atom. The lowest BCUT2D eigenvalue weighted by atomic mass is 9.72. The zero-order valence-corrected chi connectivity index (χ0v) is 18.0. The van der Waals surface area contributed by atoms with Gasteiger partial charge in [-0.1, -0.05) is 12.1 Å².